The van der Waals surface area contributed by atoms with E-state index < -0.39 is 0 Å². The molecule has 8 heteroatoms. The minimum absolute atomic E-state index is 0.0543. The molecule has 4 atom stereocenters. The summed E-state index contributed by atoms with van der Waals surface area (Å²) >= 11 is 0. The maximum absolute atomic E-state index is 13.6. The largest absolute Gasteiger partial charge is 0.451 e. The van der Waals surface area contributed by atoms with E-state index in [-0.39, 0.29) is 42.0 Å². The second kappa shape index (κ2) is 7.42. The van der Waals surface area contributed by atoms with Gasteiger partial charge in [0, 0.05) is 56.5 Å². The normalized spacial score (nSPS) is 29.1. The van der Waals surface area contributed by atoms with Crippen LogP contribution < -0.4 is 5.56 Å². The Morgan fingerprint density at radius 1 is 1.24 bits per heavy atom. The highest BCUT2D eigenvalue weighted by Gasteiger charge is 2.56. The fourth-order valence-electron chi connectivity index (χ4n) is 5.50. The molecule has 2 fully saturated rings. The van der Waals surface area contributed by atoms with Gasteiger partial charge in [0.2, 0.25) is 5.91 Å². The molecular formula is C21H26N4O4. The first kappa shape index (κ1) is 18.6. The van der Waals surface area contributed by atoms with Gasteiger partial charge in [0.05, 0.1) is 17.7 Å². The summed E-state index contributed by atoms with van der Waals surface area (Å²) in [4.78, 5) is 34.6. The van der Waals surface area contributed by atoms with Crippen LogP contribution in [0.5, 0.6) is 0 Å². The zero-order valence-corrected chi connectivity index (χ0v) is 16.3. The Bertz CT molecular complexity index is 934. The van der Waals surface area contributed by atoms with Gasteiger partial charge in [0.1, 0.15) is 6.26 Å². The van der Waals surface area contributed by atoms with Crippen LogP contribution in [0.4, 0.5) is 0 Å². The van der Waals surface area contributed by atoms with Gasteiger partial charge in [-0.3, -0.25) is 14.5 Å². The van der Waals surface area contributed by atoms with E-state index in [4.69, 9.17) is 4.42 Å². The molecule has 1 N–H and O–H groups in total. The van der Waals surface area contributed by atoms with Crippen molar-refractivity contribution in [2.45, 2.75) is 44.4 Å². The summed E-state index contributed by atoms with van der Waals surface area (Å²) in [6, 6.07) is 4.90. The molecule has 8 nitrogen and oxygen atoms in total. The molecule has 1 amide bonds. The highest BCUT2D eigenvalue weighted by atomic mass is 16.3. The topological polar surface area (TPSA) is 91.8 Å². The molecule has 29 heavy (non-hydrogen) atoms. The number of piperidine rings is 1. The molecule has 0 unspecified atom stereocenters. The van der Waals surface area contributed by atoms with Crippen LogP contribution in [0.1, 0.15) is 36.7 Å². The first-order valence-corrected chi connectivity index (χ1v) is 10.4. The van der Waals surface area contributed by atoms with Crippen LogP contribution in [-0.4, -0.2) is 56.1 Å². The van der Waals surface area contributed by atoms with Crippen molar-refractivity contribution in [2.75, 3.05) is 19.7 Å². The lowest BCUT2D eigenvalue weighted by Crippen LogP contribution is -2.46. The minimum atomic E-state index is -0.370. The van der Waals surface area contributed by atoms with Crippen molar-refractivity contribution >= 4 is 5.91 Å². The number of fused-ring (bicyclic) bond motifs is 4. The second-order valence-corrected chi connectivity index (χ2v) is 8.32. The Kier molecular flexibility index (Phi) is 4.75. The summed E-state index contributed by atoms with van der Waals surface area (Å²) < 4.78 is 6.92. The van der Waals surface area contributed by atoms with E-state index in [1.807, 2.05) is 11.0 Å². The number of oxazole rings is 1. The summed E-state index contributed by atoms with van der Waals surface area (Å²) in [6.45, 7) is 2.46. The number of carbonyl (C=O) groups excluding carboxylic acids is 1. The zero-order chi connectivity index (χ0) is 20.0. The second-order valence-electron chi connectivity index (χ2n) is 8.32. The zero-order valence-electron chi connectivity index (χ0n) is 16.3. The highest BCUT2D eigenvalue weighted by molar-refractivity contribution is 5.81. The lowest BCUT2D eigenvalue weighted by Gasteiger charge is -2.38. The molecule has 2 aromatic rings. The van der Waals surface area contributed by atoms with E-state index in [2.05, 4.69) is 9.88 Å². The molecule has 2 saturated heterocycles. The highest BCUT2D eigenvalue weighted by Crippen LogP contribution is 2.49. The smallest absolute Gasteiger partial charge is 0.250 e. The number of carbonyl (C=O) groups is 1. The number of aliphatic hydroxyl groups excluding tert-OH is 1. The number of hydrogen-bond acceptors (Lipinski definition) is 6. The van der Waals surface area contributed by atoms with Gasteiger partial charge in [-0.05, 0) is 25.3 Å². The quantitative estimate of drug-likeness (QED) is 0.827. The van der Waals surface area contributed by atoms with E-state index in [1.54, 1.807) is 23.0 Å². The van der Waals surface area contributed by atoms with Gasteiger partial charge >= 0.3 is 0 Å². The van der Waals surface area contributed by atoms with Gasteiger partial charge in [-0.15, -0.1) is 0 Å². The minimum Gasteiger partial charge on any atom is -0.451 e. The number of aromatic nitrogens is 2. The summed E-state index contributed by atoms with van der Waals surface area (Å²) in [6.07, 6.45) is 6.21. The predicted octanol–water partition coefficient (Wildman–Crippen LogP) is 1.01. The Morgan fingerprint density at radius 2 is 2.07 bits per heavy atom. The Balaban J connectivity index is 1.58. The molecule has 2 aromatic heterocycles. The third-order valence-electron chi connectivity index (χ3n) is 6.83. The van der Waals surface area contributed by atoms with Crippen LogP contribution in [0.25, 0.3) is 0 Å². The lowest BCUT2D eigenvalue weighted by atomic mass is 9.85. The molecule has 0 aliphatic carbocycles. The number of aliphatic hydroxyl groups is 1. The Morgan fingerprint density at radius 3 is 2.79 bits per heavy atom. The molecule has 0 aromatic carbocycles. The summed E-state index contributed by atoms with van der Waals surface area (Å²) in [5.41, 5.74) is 1.58. The number of pyridine rings is 1. The van der Waals surface area contributed by atoms with Crippen LogP contribution in [0.15, 0.2) is 40.1 Å². The van der Waals surface area contributed by atoms with Gasteiger partial charge in [-0.25, -0.2) is 4.98 Å². The van der Waals surface area contributed by atoms with E-state index in [0.717, 1.165) is 43.7 Å². The van der Waals surface area contributed by atoms with Crippen LogP contribution >= 0.6 is 0 Å². The van der Waals surface area contributed by atoms with Crippen LogP contribution in [-0.2, 0) is 17.9 Å². The average Bonchev–Trinajstić information content (AvgIpc) is 3.32. The van der Waals surface area contributed by atoms with Crippen molar-refractivity contribution in [3.63, 3.8) is 0 Å². The molecule has 5 rings (SSSR count). The maximum atomic E-state index is 13.6. The third kappa shape index (κ3) is 3.02. The third-order valence-corrected chi connectivity index (χ3v) is 6.83. The van der Waals surface area contributed by atoms with Gasteiger partial charge in [-0.1, -0.05) is 6.07 Å². The monoisotopic (exact) mass is 398 g/mol. The Hall–Kier alpha value is -2.45. The van der Waals surface area contributed by atoms with Crippen molar-refractivity contribution < 1.29 is 14.3 Å². The van der Waals surface area contributed by atoms with Crippen molar-refractivity contribution in [2.24, 2.45) is 11.8 Å². The summed E-state index contributed by atoms with van der Waals surface area (Å²) in [5, 5.41) is 10.3. The molecule has 0 spiro atoms. The van der Waals surface area contributed by atoms with Crippen molar-refractivity contribution in [1.82, 2.24) is 19.4 Å². The summed E-state index contributed by atoms with van der Waals surface area (Å²) in [5.74, 6) is -0.489. The fourth-order valence-corrected chi connectivity index (χ4v) is 5.50. The van der Waals surface area contributed by atoms with E-state index >= 15 is 0 Å². The number of nitrogens with zero attached hydrogens (tertiary/aromatic N) is 4. The van der Waals surface area contributed by atoms with Gasteiger partial charge in [-0.2, -0.15) is 0 Å². The maximum Gasteiger partial charge on any atom is 0.250 e. The molecule has 0 radical (unpaired) electrons. The first-order chi connectivity index (χ1) is 14.2. The van der Waals surface area contributed by atoms with Crippen molar-refractivity contribution in [1.29, 1.82) is 0 Å². The van der Waals surface area contributed by atoms with Gasteiger partial charge < -0.3 is 19.0 Å². The van der Waals surface area contributed by atoms with Crippen LogP contribution in [0.3, 0.4) is 0 Å². The SMILES string of the molecule is O=C([C@H]1[C@H](CO)[C@H]2Cn3c(cccc3=O)[C@@H]1N2Cc1cocn1)N1CCCCC1. The van der Waals surface area contributed by atoms with Crippen molar-refractivity contribution in [3.05, 3.63) is 52.6 Å². The molecule has 5 heterocycles. The molecular weight excluding hydrogens is 372 g/mol. The number of hydrogen-bond donors (Lipinski definition) is 1. The van der Waals surface area contributed by atoms with E-state index in [0.29, 0.717) is 13.1 Å². The number of likely N-dealkylation sites (tertiary alicyclic amines) is 1. The standard InChI is InChI=1S/C21H26N4O4/c26-11-15-17-10-24-16(5-4-6-18(24)27)20(25(17)9-14-12-29-13-22-14)19(15)21(28)23-7-2-1-3-8-23/h4-6,12-13,15,17,19-20,26H,1-3,7-11H2/t15-,17-,19+,20+/m1/s1. The number of amides is 1. The first-order valence-electron chi connectivity index (χ1n) is 10.4. The van der Waals surface area contributed by atoms with Gasteiger partial charge in [0.25, 0.3) is 5.56 Å². The molecule has 2 bridgehead atoms. The summed E-state index contributed by atoms with van der Waals surface area (Å²) in [7, 11) is 0. The van der Waals surface area contributed by atoms with E-state index in [9.17, 15) is 14.7 Å². The molecule has 3 aliphatic heterocycles. The van der Waals surface area contributed by atoms with Crippen molar-refractivity contribution in [3.8, 4) is 0 Å². The molecule has 154 valence electrons. The number of rotatable bonds is 4. The fraction of sp³-hybridized carbons (Fsp3) is 0.571. The molecule has 3 aliphatic rings. The lowest BCUT2D eigenvalue weighted by molar-refractivity contribution is -0.139. The van der Waals surface area contributed by atoms with Crippen LogP contribution in [0, 0.1) is 11.8 Å². The average molecular weight is 398 g/mol. The predicted molar refractivity (Wildman–Crippen MR) is 104 cm³/mol. The Labute approximate surface area is 168 Å². The van der Waals surface area contributed by atoms with E-state index in [1.165, 1.54) is 6.39 Å². The van der Waals surface area contributed by atoms with Crippen LogP contribution in [0.2, 0.25) is 0 Å². The van der Waals surface area contributed by atoms with Gasteiger partial charge in [0.15, 0.2) is 6.39 Å². The molecule has 0 saturated carbocycles.